The number of nitrogens with zero attached hydrogens (tertiary/aromatic N) is 1. The zero-order valence-corrected chi connectivity index (χ0v) is 19.5. The number of thiophene rings is 1. The van der Waals surface area contributed by atoms with E-state index in [0.29, 0.717) is 48.3 Å². The van der Waals surface area contributed by atoms with Gasteiger partial charge in [-0.15, -0.1) is 11.3 Å². The van der Waals surface area contributed by atoms with E-state index in [4.69, 9.17) is 14.2 Å². The molecule has 3 rings (SSSR count). The minimum Gasteiger partial charge on any atom is -0.484 e. The molecule has 0 atom stereocenters. The number of carbonyl (C=O) groups excluding carboxylic acids is 3. The lowest BCUT2D eigenvalue weighted by atomic mass is 10.0. The van der Waals surface area contributed by atoms with E-state index < -0.39 is 12.1 Å². The smallest absolute Gasteiger partial charge is 0.410 e. The average molecular weight is 461 g/mol. The second-order valence-electron chi connectivity index (χ2n) is 7.63. The first kappa shape index (κ1) is 23.6. The van der Waals surface area contributed by atoms with Gasteiger partial charge < -0.3 is 24.4 Å². The van der Waals surface area contributed by atoms with Crippen molar-refractivity contribution < 1.29 is 28.6 Å². The summed E-state index contributed by atoms with van der Waals surface area (Å²) < 4.78 is 15.6. The molecule has 0 fully saturated rings. The predicted octanol–water partition coefficient (Wildman–Crippen LogP) is 4.19. The lowest BCUT2D eigenvalue weighted by molar-refractivity contribution is -0.118. The molecular weight excluding hydrogens is 432 g/mol. The van der Waals surface area contributed by atoms with Crippen LogP contribution in [0.25, 0.3) is 0 Å². The first-order valence-corrected chi connectivity index (χ1v) is 11.3. The number of anilines is 1. The van der Waals surface area contributed by atoms with E-state index in [9.17, 15) is 14.4 Å². The number of nitrogens with one attached hydrogen (secondary N) is 1. The molecule has 9 heteroatoms. The predicted molar refractivity (Wildman–Crippen MR) is 121 cm³/mol. The van der Waals surface area contributed by atoms with E-state index in [1.54, 1.807) is 11.8 Å². The van der Waals surface area contributed by atoms with Crippen molar-refractivity contribution in [2.24, 2.45) is 0 Å². The number of methoxy groups -OCH3 is 1. The van der Waals surface area contributed by atoms with Crippen LogP contribution < -0.4 is 10.1 Å². The summed E-state index contributed by atoms with van der Waals surface area (Å²) in [5.41, 5.74) is 2.32. The minimum absolute atomic E-state index is 0.195. The number of carbonyl (C=O) groups is 3. The Bertz CT molecular complexity index is 983. The van der Waals surface area contributed by atoms with Crippen molar-refractivity contribution in [3.8, 4) is 5.75 Å². The summed E-state index contributed by atoms with van der Waals surface area (Å²) in [6, 6.07) is 7.60. The maximum atomic E-state index is 12.5. The van der Waals surface area contributed by atoms with Gasteiger partial charge in [0.2, 0.25) is 0 Å². The first-order chi connectivity index (χ1) is 15.3. The van der Waals surface area contributed by atoms with Crippen molar-refractivity contribution in [1.82, 2.24) is 4.90 Å². The normalized spacial score (nSPS) is 12.8. The summed E-state index contributed by atoms with van der Waals surface area (Å²) in [6.45, 7) is 6.80. The fourth-order valence-electron chi connectivity index (χ4n) is 3.44. The molecule has 0 aliphatic carbocycles. The molecule has 2 amide bonds. The second kappa shape index (κ2) is 10.5. The maximum absolute atomic E-state index is 12.5. The monoisotopic (exact) mass is 460 g/mol. The van der Waals surface area contributed by atoms with Gasteiger partial charge in [0.25, 0.3) is 5.91 Å². The summed E-state index contributed by atoms with van der Waals surface area (Å²) in [5, 5.41) is 3.17. The molecule has 0 spiro atoms. The van der Waals surface area contributed by atoms with E-state index >= 15 is 0 Å². The van der Waals surface area contributed by atoms with Crippen LogP contribution in [0.4, 0.5) is 9.80 Å². The van der Waals surface area contributed by atoms with Crippen LogP contribution in [-0.2, 0) is 27.2 Å². The molecule has 1 N–H and O–H groups in total. The maximum Gasteiger partial charge on any atom is 0.410 e. The summed E-state index contributed by atoms with van der Waals surface area (Å²) in [6.07, 6.45) is 0.0811. The number of hydrogen-bond donors (Lipinski definition) is 1. The van der Waals surface area contributed by atoms with Gasteiger partial charge in [-0.1, -0.05) is 26.0 Å². The molecule has 0 saturated heterocycles. The van der Waals surface area contributed by atoms with Crippen LogP contribution >= 0.6 is 11.3 Å². The first-order valence-electron chi connectivity index (χ1n) is 10.5. The molecular formula is C23H28N2O6S. The lowest BCUT2D eigenvalue weighted by Crippen LogP contribution is -2.36. The van der Waals surface area contributed by atoms with Gasteiger partial charge in [0.05, 0.1) is 25.8 Å². The molecule has 0 saturated carbocycles. The Hall–Kier alpha value is -3.07. The van der Waals surface area contributed by atoms with Crippen LogP contribution in [0.1, 0.15) is 53.1 Å². The van der Waals surface area contributed by atoms with Crippen molar-refractivity contribution in [1.29, 1.82) is 0 Å². The summed E-state index contributed by atoms with van der Waals surface area (Å²) in [5.74, 6) is 0.0958. The third-order valence-electron chi connectivity index (χ3n) is 5.14. The highest BCUT2D eigenvalue weighted by Gasteiger charge is 2.31. The van der Waals surface area contributed by atoms with Gasteiger partial charge in [0, 0.05) is 11.4 Å². The van der Waals surface area contributed by atoms with Gasteiger partial charge >= 0.3 is 12.1 Å². The number of ether oxygens (including phenoxy) is 3. The fraction of sp³-hybridized carbons (Fsp3) is 0.435. The summed E-state index contributed by atoms with van der Waals surface area (Å²) >= 11 is 1.26. The molecule has 0 bridgehead atoms. The summed E-state index contributed by atoms with van der Waals surface area (Å²) in [7, 11) is 1.30. The molecule has 1 aromatic heterocycles. The largest absolute Gasteiger partial charge is 0.484 e. The standard InChI is InChI=1S/C23H28N2O6S/c1-5-30-23(28)25-11-10-17-18(12-25)32-21(20(17)22(27)29-4)24-19(26)13-31-16-8-6-15(7-9-16)14(2)3/h6-9,14H,5,10-13H2,1-4H3,(H,24,26). The molecule has 0 radical (unpaired) electrons. The number of hydrogen-bond acceptors (Lipinski definition) is 7. The molecule has 32 heavy (non-hydrogen) atoms. The Morgan fingerprint density at radius 1 is 1.19 bits per heavy atom. The highest BCUT2D eigenvalue weighted by atomic mass is 32.1. The number of benzene rings is 1. The molecule has 2 heterocycles. The van der Waals surface area contributed by atoms with Crippen LogP contribution in [0.2, 0.25) is 0 Å². The van der Waals surface area contributed by atoms with Gasteiger partial charge in [0.15, 0.2) is 6.61 Å². The quantitative estimate of drug-likeness (QED) is 0.623. The van der Waals surface area contributed by atoms with Crippen molar-refractivity contribution >= 4 is 34.3 Å². The van der Waals surface area contributed by atoms with Crippen LogP contribution in [0.3, 0.4) is 0 Å². The van der Waals surface area contributed by atoms with Gasteiger partial charge in [-0.25, -0.2) is 9.59 Å². The topological polar surface area (TPSA) is 94.2 Å². The summed E-state index contributed by atoms with van der Waals surface area (Å²) in [4.78, 5) is 39.4. The molecule has 1 aliphatic heterocycles. The van der Waals surface area contributed by atoms with Crippen LogP contribution in [-0.4, -0.2) is 49.7 Å². The fourth-order valence-corrected chi connectivity index (χ4v) is 4.71. The lowest BCUT2D eigenvalue weighted by Gasteiger charge is -2.26. The Kier molecular flexibility index (Phi) is 7.74. The van der Waals surface area contributed by atoms with Crippen molar-refractivity contribution in [3.63, 3.8) is 0 Å². The zero-order chi connectivity index (χ0) is 23.3. The Balaban J connectivity index is 1.70. The van der Waals surface area contributed by atoms with Gasteiger partial charge in [0.1, 0.15) is 10.8 Å². The van der Waals surface area contributed by atoms with Crippen molar-refractivity contribution in [2.75, 3.05) is 32.2 Å². The number of rotatable bonds is 7. The van der Waals surface area contributed by atoms with Gasteiger partial charge in [-0.05, 0) is 42.5 Å². The molecule has 1 aromatic carbocycles. The molecule has 1 aliphatic rings. The highest BCUT2D eigenvalue weighted by Crippen LogP contribution is 2.37. The Labute approximate surface area is 191 Å². The van der Waals surface area contributed by atoms with E-state index in [2.05, 4.69) is 19.2 Å². The Morgan fingerprint density at radius 2 is 1.91 bits per heavy atom. The average Bonchev–Trinajstić information content (AvgIpc) is 3.14. The van der Waals surface area contributed by atoms with Crippen LogP contribution in [0.5, 0.6) is 5.75 Å². The third kappa shape index (κ3) is 5.40. The van der Waals surface area contributed by atoms with E-state index in [1.807, 2.05) is 24.3 Å². The third-order valence-corrected chi connectivity index (χ3v) is 6.27. The van der Waals surface area contributed by atoms with Crippen molar-refractivity contribution in [2.45, 2.75) is 39.7 Å². The minimum atomic E-state index is -0.521. The van der Waals surface area contributed by atoms with Crippen molar-refractivity contribution in [3.05, 3.63) is 45.8 Å². The van der Waals surface area contributed by atoms with Crippen LogP contribution in [0.15, 0.2) is 24.3 Å². The number of esters is 1. The molecule has 0 unspecified atom stereocenters. The number of fused-ring (bicyclic) bond motifs is 1. The number of amides is 2. The highest BCUT2D eigenvalue weighted by molar-refractivity contribution is 7.17. The van der Waals surface area contributed by atoms with Crippen LogP contribution in [0, 0.1) is 0 Å². The molecule has 172 valence electrons. The second-order valence-corrected chi connectivity index (χ2v) is 8.74. The van der Waals surface area contributed by atoms with E-state index in [-0.39, 0.29) is 12.5 Å². The zero-order valence-electron chi connectivity index (χ0n) is 18.7. The van der Waals surface area contributed by atoms with E-state index in [0.717, 1.165) is 10.4 Å². The Morgan fingerprint density at radius 3 is 2.53 bits per heavy atom. The van der Waals surface area contributed by atoms with E-state index in [1.165, 1.54) is 24.0 Å². The van der Waals surface area contributed by atoms with Gasteiger partial charge in [-0.2, -0.15) is 0 Å². The molecule has 2 aromatic rings. The molecule has 8 nitrogen and oxygen atoms in total. The SMILES string of the molecule is CCOC(=O)N1CCc2c(sc(NC(=O)COc3ccc(C(C)C)cc3)c2C(=O)OC)C1. The van der Waals surface area contributed by atoms with Gasteiger partial charge in [-0.3, -0.25) is 4.79 Å².